The van der Waals surface area contributed by atoms with Crippen molar-refractivity contribution in [3.05, 3.63) is 89.3 Å². The minimum absolute atomic E-state index is 0.0794. The first-order valence-corrected chi connectivity index (χ1v) is 9.49. The lowest BCUT2D eigenvalue weighted by atomic mass is 9.81. The average molecular weight is 394 g/mol. The van der Waals surface area contributed by atoms with Gasteiger partial charge in [-0.15, -0.1) is 5.10 Å². The van der Waals surface area contributed by atoms with Crippen molar-refractivity contribution >= 4 is 10.8 Å². The number of nitriles is 1. The van der Waals surface area contributed by atoms with Crippen LogP contribution in [0.2, 0.25) is 0 Å². The van der Waals surface area contributed by atoms with Crippen LogP contribution in [-0.2, 0) is 0 Å². The summed E-state index contributed by atoms with van der Waals surface area (Å²) in [5, 5.41) is 19.5. The highest BCUT2D eigenvalue weighted by molar-refractivity contribution is 5.88. The normalized spacial score (nSPS) is 15.4. The molecule has 2 heterocycles. The average Bonchev–Trinajstić information content (AvgIpc) is 3.21. The van der Waals surface area contributed by atoms with Crippen LogP contribution in [0.3, 0.4) is 0 Å². The van der Waals surface area contributed by atoms with Crippen molar-refractivity contribution in [2.24, 2.45) is 5.73 Å². The highest BCUT2D eigenvalue weighted by Crippen LogP contribution is 2.47. The van der Waals surface area contributed by atoms with E-state index in [0.29, 0.717) is 11.5 Å². The van der Waals surface area contributed by atoms with Gasteiger partial charge in [0.25, 0.3) is 0 Å². The molecule has 0 amide bonds. The zero-order valence-electron chi connectivity index (χ0n) is 16.2. The Kier molecular flexibility index (Phi) is 4.15. The second kappa shape index (κ2) is 6.98. The Morgan fingerprint density at radius 3 is 2.60 bits per heavy atom. The van der Waals surface area contributed by atoms with Crippen molar-refractivity contribution in [1.82, 2.24) is 10.2 Å². The van der Waals surface area contributed by atoms with Gasteiger partial charge in [-0.25, -0.2) is 0 Å². The number of allylic oxidation sites excluding steroid dienone is 1. The van der Waals surface area contributed by atoms with Crippen molar-refractivity contribution in [2.75, 3.05) is 7.11 Å². The molecule has 146 valence electrons. The molecule has 5 rings (SSSR count). The van der Waals surface area contributed by atoms with Gasteiger partial charge >= 0.3 is 0 Å². The molecule has 6 heteroatoms. The second-order valence-corrected chi connectivity index (χ2v) is 7.04. The van der Waals surface area contributed by atoms with E-state index in [1.165, 1.54) is 0 Å². The Balaban J connectivity index is 1.77. The van der Waals surface area contributed by atoms with Gasteiger partial charge in [0.2, 0.25) is 11.8 Å². The first-order chi connectivity index (χ1) is 14.7. The minimum atomic E-state index is -0.402. The van der Waals surface area contributed by atoms with Gasteiger partial charge in [0.1, 0.15) is 17.4 Å². The molecular weight excluding hydrogens is 376 g/mol. The Bertz CT molecular complexity index is 1320. The summed E-state index contributed by atoms with van der Waals surface area (Å²) >= 11 is 0. The molecule has 1 aromatic heterocycles. The van der Waals surface area contributed by atoms with Crippen molar-refractivity contribution in [1.29, 1.82) is 5.26 Å². The van der Waals surface area contributed by atoms with Crippen LogP contribution >= 0.6 is 0 Å². The summed E-state index contributed by atoms with van der Waals surface area (Å²) in [4.78, 5) is 0. The van der Waals surface area contributed by atoms with Crippen LogP contribution in [0.15, 0.2) is 78.2 Å². The van der Waals surface area contributed by atoms with Gasteiger partial charge in [0.15, 0.2) is 0 Å². The molecule has 6 nitrogen and oxygen atoms in total. The van der Waals surface area contributed by atoms with Crippen molar-refractivity contribution < 1.29 is 9.47 Å². The van der Waals surface area contributed by atoms with E-state index in [1.54, 1.807) is 7.11 Å². The number of nitrogens with one attached hydrogen (secondary N) is 1. The molecule has 0 fully saturated rings. The number of hydrogen-bond donors (Lipinski definition) is 2. The number of nitrogens with two attached hydrogens (primary N) is 1. The third kappa shape index (κ3) is 2.68. The molecule has 0 saturated carbocycles. The van der Waals surface area contributed by atoms with Crippen LogP contribution in [0.1, 0.15) is 17.0 Å². The van der Waals surface area contributed by atoms with Crippen molar-refractivity contribution in [2.45, 2.75) is 5.92 Å². The molecule has 1 aliphatic heterocycles. The van der Waals surface area contributed by atoms with E-state index >= 15 is 0 Å². The Hall–Kier alpha value is -4.24. The van der Waals surface area contributed by atoms with E-state index in [4.69, 9.17) is 15.2 Å². The van der Waals surface area contributed by atoms with Crippen molar-refractivity contribution in [3.8, 4) is 29.0 Å². The van der Waals surface area contributed by atoms with E-state index in [-0.39, 0.29) is 5.88 Å². The van der Waals surface area contributed by atoms with Crippen LogP contribution < -0.4 is 15.2 Å². The highest BCUT2D eigenvalue weighted by atomic mass is 16.5. The fourth-order valence-electron chi connectivity index (χ4n) is 4.04. The van der Waals surface area contributed by atoms with E-state index in [0.717, 1.165) is 38.9 Å². The Morgan fingerprint density at radius 2 is 1.83 bits per heavy atom. The van der Waals surface area contributed by atoms with Gasteiger partial charge in [-0.3, -0.25) is 5.10 Å². The van der Waals surface area contributed by atoms with Gasteiger partial charge in [0.05, 0.1) is 24.3 Å². The number of aromatic nitrogens is 2. The summed E-state index contributed by atoms with van der Waals surface area (Å²) in [6.45, 7) is 0. The lowest BCUT2D eigenvalue weighted by Crippen LogP contribution is -2.21. The molecule has 3 aromatic carbocycles. The molecule has 3 N–H and O–H groups in total. The van der Waals surface area contributed by atoms with Gasteiger partial charge in [-0.2, -0.15) is 5.26 Å². The third-order valence-electron chi connectivity index (χ3n) is 5.45. The fraction of sp³-hybridized carbons (Fsp3) is 0.0833. The molecule has 4 aromatic rings. The standard InChI is InChI=1S/C24H18N4O2/c1-29-16-11-9-15(10-12-16)22-21-20(19(13-25)23(26)30-24(21)28-27-22)18-8-4-6-14-5-2-3-7-17(14)18/h2-12,20H,26H2,1H3,(H,27,28)/t20-/m1/s1. The first kappa shape index (κ1) is 17.8. The molecular formula is C24H18N4O2. The summed E-state index contributed by atoms with van der Waals surface area (Å²) in [6, 6.07) is 24.1. The summed E-state index contributed by atoms with van der Waals surface area (Å²) in [6.07, 6.45) is 0. The topological polar surface area (TPSA) is 97.0 Å². The number of nitrogens with zero attached hydrogens (tertiary/aromatic N) is 2. The maximum absolute atomic E-state index is 9.94. The Morgan fingerprint density at radius 1 is 1.07 bits per heavy atom. The molecule has 1 atom stereocenters. The van der Waals surface area contributed by atoms with E-state index < -0.39 is 5.92 Å². The molecule has 0 unspecified atom stereocenters. The maximum atomic E-state index is 9.94. The SMILES string of the molecule is COc1ccc(-c2[nH]nc3c2[C@H](c2cccc4ccccc24)C(C#N)=C(N)O3)cc1. The number of ether oxygens (including phenoxy) is 2. The molecule has 0 spiro atoms. The minimum Gasteiger partial charge on any atom is -0.497 e. The molecule has 1 aliphatic rings. The van der Waals surface area contributed by atoms with Crippen LogP contribution in [-0.4, -0.2) is 17.3 Å². The zero-order valence-corrected chi connectivity index (χ0v) is 16.2. The summed E-state index contributed by atoms with van der Waals surface area (Å²) in [5.41, 5.74) is 9.97. The maximum Gasteiger partial charge on any atom is 0.244 e. The van der Waals surface area contributed by atoms with E-state index in [1.807, 2.05) is 48.5 Å². The molecule has 0 saturated heterocycles. The van der Waals surface area contributed by atoms with Crippen LogP contribution in [0.4, 0.5) is 0 Å². The van der Waals surface area contributed by atoms with Gasteiger partial charge < -0.3 is 15.2 Å². The molecule has 0 aliphatic carbocycles. The molecule has 30 heavy (non-hydrogen) atoms. The van der Waals surface area contributed by atoms with Crippen LogP contribution in [0.5, 0.6) is 11.6 Å². The Labute approximate surface area is 173 Å². The first-order valence-electron chi connectivity index (χ1n) is 9.49. The third-order valence-corrected chi connectivity index (χ3v) is 5.45. The van der Waals surface area contributed by atoms with Crippen molar-refractivity contribution in [3.63, 3.8) is 0 Å². The number of rotatable bonds is 3. The smallest absolute Gasteiger partial charge is 0.244 e. The lowest BCUT2D eigenvalue weighted by molar-refractivity contribution is 0.379. The van der Waals surface area contributed by atoms with Gasteiger partial charge in [0, 0.05) is 5.56 Å². The number of methoxy groups -OCH3 is 1. The lowest BCUT2D eigenvalue weighted by Gasteiger charge is -2.25. The monoisotopic (exact) mass is 394 g/mol. The van der Waals surface area contributed by atoms with Crippen LogP contribution in [0.25, 0.3) is 22.0 Å². The van der Waals surface area contributed by atoms with Gasteiger partial charge in [-0.05, 0) is 40.6 Å². The van der Waals surface area contributed by atoms with E-state index in [2.05, 4.69) is 34.5 Å². The zero-order chi connectivity index (χ0) is 20.7. The number of H-pyrrole nitrogens is 1. The predicted octanol–water partition coefficient (Wildman–Crippen LogP) is 4.46. The molecule has 0 radical (unpaired) electrons. The summed E-state index contributed by atoms with van der Waals surface area (Å²) in [7, 11) is 1.63. The number of benzene rings is 3. The predicted molar refractivity (Wildman–Crippen MR) is 114 cm³/mol. The quantitative estimate of drug-likeness (QED) is 0.535. The van der Waals surface area contributed by atoms with Crippen LogP contribution in [0, 0.1) is 11.3 Å². The van der Waals surface area contributed by atoms with E-state index in [9.17, 15) is 5.26 Å². The molecule has 0 bridgehead atoms. The van der Waals surface area contributed by atoms with Gasteiger partial charge in [-0.1, -0.05) is 42.5 Å². The summed E-state index contributed by atoms with van der Waals surface area (Å²) in [5.74, 6) is 0.822. The number of hydrogen-bond acceptors (Lipinski definition) is 5. The highest BCUT2D eigenvalue weighted by Gasteiger charge is 2.36. The number of aromatic amines is 1. The fourth-order valence-corrected chi connectivity index (χ4v) is 4.04. The largest absolute Gasteiger partial charge is 0.497 e. The second-order valence-electron chi connectivity index (χ2n) is 7.04. The summed E-state index contributed by atoms with van der Waals surface area (Å²) < 4.78 is 11.0. The number of fused-ring (bicyclic) bond motifs is 2.